The molecule has 2 aromatic heterocycles. The smallest absolute Gasteiger partial charge is 0.248 e. The van der Waals surface area contributed by atoms with Crippen molar-refractivity contribution >= 4 is 87.0 Å². The minimum Gasteiger partial charge on any atom is -0.391 e. The molecular weight excluding hydrogens is 1040 g/mol. The fourth-order valence-corrected chi connectivity index (χ4v) is 11.4. The standard InChI is InChI=1S/C57H70ClN9O8S2/c1-37(40-17-19-41(20-18-40)52-38(2)60-36-77-52)61-54(73)45-32-44(68)34-66(45)56(75)53(57(3,4)5)63-47(69)15-9-10-16-49(71)65-29-27-64(28-30-65)35-48(70)62-42-21-23-43(24-22-42)67(50(72)33-58)51(46-14-11-31-76-46)55(74)59-26-25-39-12-7-6-8-13-39/h6-8,11-14,17-24,31,36-37,44-45,51,53,68H,9-10,15-16,25-30,32-35H2,1-5H3,(H,59,74)(H,61,73)(H,62,70)(H,63,69)/t37-,44+,45-,51?,53+/m0/s1. The Labute approximate surface area is 463 Å². The van der Waals surface area contributed by atoms with E-state index in [2.05, 4.69) is 26.3 Å². The summed E-state index contributed by atoms with van der Waals surface area (Å²) in [5.41, 5.74) is 5.99. The number of halogens is 1. The molecular formula is C57H70ClN9O8S2. The Bertz CT molecular complexity index is 2800. The number of nitrogens with one attached hydrogen (secondary N) is 4. The first-order valence-electron chi connectivity index (χ1n) is 26.1. The van der Waals surface area contributed by atoms with E-state index < -0.39 is 41.5 Å². The van der Waals surface area contributed by atoms with Gasteiger partial charge in [0.1, 0.15) is 24.0 Å². The largest absolute Gasteiger partial charge is 0.391 e. The van der Waals surface area contributed by atoms with Gasteiger partial charge in [0.15, 0.2) is 0 Å². The molecule has 20 heteroatoms. The lowest BCUT2D eigenvalue weighted by Gasteiger charge is -2.35. The summed E-state index contributed by atoms with van der Waals surface area (Å²) in [6, 6.07) is 24.8. The molecule has 4 heterocycles. The van der Waals surface area contributed by atoms with Gasteiger partial charge in [0.05, 0.1) is 34.8 Å². The quantitative estimate of drug-likeness (QED) is 0.0359. The van der Waals surface area contributed by atoms with Crippen molar-refractivity contribution < 1.29 is 38.7 Å². The molecule has 7 amide bonds. The van der Waals surface area contributed by atoms with Gasteiger partial charge in [-0.3, -0.25) is 43.4 Å². The zero-order chi connectivity index (χ0) is 55.2. The predicted molar refractivity (Wildman–Crippen MR) is 301 cm³/mol. The van der Waals surface area contributed by atoms with Crippen molar-refractivity contribution in [1.29, 1.82) is 0 Å². The summed E-state index contributed by atoms with van der Waals surface area (Å²) in [6.45, 7) is 11.7. The van der Waals surface area contributed by atoms with E-state index in [1.54, 1.807) is 40.5 Å². The van der Waals surface area contributed by atoms with Crippen LogP contribution in [-0.2, 0) is 40.0 Å². The average Bonchev–Trinajstić information content (AvgIpc) is 4.23. The molecule has 5 N–H and O–H groups in total. The number of amides is 7. The third kappa shape index (κ3) is 15.8. The first-order valence-corrected chi connectivity index (χ1v) is 28.4. The van der Waals surface area contributed by atoms with Crippen LogP contribution >= 0.6 is 34.3 Å². The maximum absolute atomic E-state index is 14.2. The van der Waals surface area contributed by atoms with Crippen molar-refractivity contribution in [2.75, 3.05) is 61.9 Å². The number of nitrogens with zero attached hydrogens (tertiary/aromatic N) is 5. The number of hydrogen-bond donors (Lipinski definition) is 5. The number of aryl methyl sites for hydroxylation is 1. The van der Waals surface area contributed by atoms with Crippen molar-refractivity contribution in [1.82, 2.24) is 35.6 Å². The van der Waals surface area contributed by atoms with Crippen LogP contribution in [0.5, 0.6) is 0 Å². The van der Waals surface area contributed by atoms with Crippen molar-refractivity contribution in [3.05, 3.63) is 124 Å². The number of unbranched alkanes of at least 4 members (excludes halogenated alkanes) is 1. The maximum atomic E-state index is 14.2. The number of aliphatic hydroxyl groups excluding tert-OH is 1. The number of carbonyl (C=O) groups is 7. The molecule has 2 fully saturated rings. The molecule has 5 aromatic rings. The number of thiazole rings is 1. The Morgan fingerprint density at radius 2 is 1.55 bits per heavy atom. The van der Waals surface area contributed by atoms with E-state index in [9.17, 15) is 38.7 Å². The van der Waals surface area contributed by atoms with Crippen LogP contribution < -0.4 is 26.2 Å². The van der Waals surface area contributed by atoms with Crippen LogP contribution in [0, 0.1) is 12.3 Å². The van der Waals surface area contributed by atoms with Gasteiger partial charge in [-0.2, -0.15) is 0 Å². The summed E-state index contributed by atoms with van der Waals surface area (Å²) in [6.07, 6.45) is 1.01. The molecule has 77 heavy (non-hydrogen) atoms. The summed E-state index contributed by atoms with van der Waals surface area (Å²) in [5, 5.41) is 24.4. The Kier molecular flexibility index (Phi) is 20.5. The van der Waals surface area contributed by atoms with Crippen LogP contribution in [-0.4, -0.2) is 136 Å². The van der Waals surface area contributed by atoms with Gasteiger partial charge in [-0.05, 0) is 90.9 Å². The van der Waals surface area contributed by atoms with Gasteiger partial charge in [-0.25, -0.2) is 4.98 Å². The molecule has 0 spiro atoms. The van der Waals surface area contributed by atoms with Crippen LogP contribution in [0.25, 0.3) is 10.4 Å². The molecule has 0 aliphatic carbocycles. The topological polar surface area (TPSA) is 214 Å². The molecule has 3 aromatic carbocycles. The Morgan fingerprint density at radius 3 is 2.18 bits per heavy atom. The maximum Gasteiger partial charge on any atom is 0.248 e. The zero-order valence-corrected chi connectivity index (χ0v) is 46.7. The van der Waals surface area contributed by atoms with E-state index in [4.69, 9.17) is 11.6 Å². The van der Waals surface area contributed by atoms with Crippen molar-refractivity contribution in [2.24, 2.45) is 5.41 Å². The fraction of sp³-hybridized carbons (Fsp3) is 0.439. The van der Waals surface area contributed by atoms with Crippen LogP contribution in [0.4, 0.5) is 11.4 Å². The molecule has 2 aliphatic rings. The number of carbonyl (C=O) groups excluding carboxylic acids is 7. The van der Waals surface area contributed by atoms with Gasteiger partial charge < -0.3 is 36.2 Å². The first kappa shape index (κ1) is 58.2. The first-order chi connectivity index (χ1) is 36.9. The zero-order valence-electron chi connectivity index (χ0n) is 44.3. The molecule has 1 unspecified atom stereocenters. The highest BCUT2D eigenvalue weighted by atomic mass is 35.5. The molecule has 17 nitrogen and oxygen atoms in total. The molecule has 2 aliphatic heterocycles. The predicted octanol–water partition coefficient (Wildman–Crippen LogP) is 6.87. The minimum atomic E-state index is -0.966. The lowest BCUT2D eigenvalue weighted by molar-refractivity contribution is -0.144. The fourth-order valence-electron chi connectivity index (χ4n) is 9.63. The Balaban J connectivity index is 0.827. The molecule has 0 saturated carbocycles. The Morgan fingerprint density at radius 1 is 0.844 bits per heavy atom. The van der Waals surface area contributed by atoms with Crippen LogP contribution in [0.3, 0.4) is 0 Å². The molecule has 7 rings (SSSR count). The molecule has 0 bridgehead atoms. The van der Waals surface area contributed by atoms with Gasteiger partial charge in [-0.1, -0.05) is 81.4 Å². The third-order valence-electron chi connectivity index (χ3n) is 13.9. The minimum absolute atomic E-state index is 0.0346. The van der Waals surface area contributed by atoms with Gasteiger partial charge >= 0.3 is 0 Å². The number of aliphatic hydroxyl groups is 1. The summed E-state index contributed by atoms with van der Waals surface area (Å²) >= 11 is 9.03. The van der Waals surface area contributed by atoms with Crippen LogP contribution in [0.1, 0.15) is 93.6 Å². The van der Waals surface area contributed by atoms with E-state index in [1.165, 1.54) is 21.1 Å². The second-order valence-corrected chi connectivity index (χ2v) is 22.8. The lowest BCUT2D eigenvalue weighted by Crippen LogP contribution is -2.57. The second kappa shape index (κ2) is 27.2. The molecule has 0 radical (unpaired) electrons. The van der Waals surface area contributed by atoms with Crippen molar-refractivity contribution in [2.45, 2.75) is 103 Å². The average molecular weight is 1110 g/mol. The van der Waals surface area contributed by atoms with Gasteiger partial charge in [-0.15, -0.1) is 34.3 Å². The van der Waals surface area contributed by atoms with E-state index in [1.807, 2.05) is 117 Å². The number of thiophene rings is 1. The number of anilines is 2. The highest BCUT2D eigenvalue weighted by Gasteiger charge is 2.45. The van der Waals surface area contributed by atoms with Gasteiger partial charge in [0.2, 0.25) is 41.4 Å². The highest BCUT2D eigenvalue weighted by Crippen LogP contribution is 2.33. The normalized spacial score (nSPS) is 17.0. The SMILES string of the molecule is Cc1ncsc1-c1ccc([C@H](C)NC(=O)[C@@H]2C[C@@H](O)CN2C(=O)[C@@H](NC(=O)CCCCC(=O)N2CCN(CC(=O)Nc3ccc(N(C(=O)CCl)C(C(=O)NCCc4ccccc4)c4cccs4)cc3)CC2)C(C)(C)C)cc1. The molecule has 5 atom stereocenters. The highest BCUT2D eigenvalue weighted by molar-refractivity contribution is 7.13. The molecule has 410 valence electrons. The van der Waals surface area contributed by atoms with Crippen molar-refractivity contribution in [3.63, 3.8) is 0 Å². The van der Waals surface area contributed by atoms with E-state index >= 15 is 0 Å². The lowest BCUT2D eigenvalue weighted by atomic mass is 9.85. The van der Waals surface area contributed by atoms with E-state index in [0.717, 1.165) is 27.3 Å². The number of piperazine rings is 1. The number of β-amino-alcohol motifs (C(OH)–C–C–N with tert-alkyl or cyclic N) is 1. The van der Waals surface area contributed by atoms with Crippen molar-refractivity contribution in [3.8, 4) is 10.4 Å². The van der Waals surface area contributed by atoms with Crippen LogP contribution in [0.15, 0.2) is 102 Å². The number of aromatic nitrogens is 1. The number of alkyl halides is 1. The summed E-state index contributed by atoms with van der Waals surface area (Å²) in [5.74, 6) is -2.60. The van der Waals surface area contributed by atoms with Gasteiger partial charge in [0, 0.05) is 74.8 Å². The number of rotatable bonds is 22. The monoisotopic (exact) mass is 1110 g/mol. The number of hydrogen-bond acceptors (Lipinski definition) is 12. The number of benzene rings is 3. The van der Waals surface area contributed by atoms with E-state index in [-0.39, 0.29) is 73.8 Å². The summed E-state index contributed by atoms with van der Waals surface area (Å²) < 4.78 is 0. The summed E-state index contributed by atoms with van der Waals surface area (Å²) in [4.78, 5) is 107. The van der Waals surface area contributed by atoms with Crippen LogP contribution in [0.2, 0.25) is 0 Å². The Hall–Kier alpha value is -6.51. The molecule has 2 saturated heterocycles. The second-order valence-electron chi connectivity index (χ2n) is 20.7. The number of likely N-dealkylation sites (tertiary alicyclic amines) is 1. The summed E-state index contributed by atoms with van der Waals surface area (Å²) in [7, 11) is 0. The van der Waals surface area contributed by atoms with Gasteiger partial charge in [0.25, 0.3) is 0 Å². The third-order valence-corrected chi connectivity index (χ3v) is 16.0. The van der Waals surface area contributed by atoms with E-state index in [0.29, 0.717) is 68.2 Å².